The van der Waals surface area contributed by atoms with Crippen LogP contribution in [0.4, 0.5) is 5.69 Å². The molecule has 148 valence electrons. The first kappa shape index (κ1) is 20.9. The number of carbonyl (C=O) groups excluding carboxylic acids is 1. The van der Waals surface area contributed by atoms with E-state index in [1.807, 2.05) is 6.92 Å². The molecule has 1 aromatic heterocycles. The third kappa shape index (κ3) is 4.14. The molecule has 0 saturated carbocycles. The van der Waals surface area contributed by atoms with Gasteiger partial charge in [-0.3, -0.25) is 4.79 Å². The van der Waals surface area contributed by atoms with Crippen LogP contribution in [-0.4, -0.2) is 44.0 Å². The molecule has 0 atom stereocenters. The van der Waals surface area contributed by atoms with Gasteiger partial charge >= 0.3 is 0 Å². The lowest BCUT2D eigenvalue weighted by atomic mass is 10.1. The zero-order valence-electron chi connectivity index (χ0n) is 16.2. The highest BCUT2D eigenvalue weighted by atomic mass is 32.2. The third-order valence-corrected chi connectivity index (χ3v) is 6.30. The molecule has 1 heterocycles. The van der Waals surface area contributed by atoms with Crippen LogP contribution in [0.1, 0.15) is 42.6 Å². The number of aryl methyl sites for hydroxylation is 2. The van der Waals surface area contributed by atoms with Gasteiger partial charge < -0.3 is 14.6 Å². The lowest BCUT2D eigenvalue weighted by Crippen LogP contribution is -2.30. The van der Waals surface area contributed by atoms with Crippen LogP contribution in [0.3, 0.4) is 0 Å². The molecule has 27 heavy (non-hydrogen) atoms. The van der Waals surface area contributed by atoms with E-state index in [2.05, 4.69) is 10.5 Å². The molecular formula is C18H25N3O5S. The van der Waals surface area contributed by atoms with Crippen molar-refractivity contribution in [1.29, 1.82) is 0 Å². The minimum Gasteiger partial charge on any atom is -0.495 e. The maximum Gasteiger partial charge on any atom is 0.261 e. The molecule has 0 aliphatic heterocycles. The van der Waals surface area contributed by atoms with Gasteiger partial charge in [-0.1, -0.05) is 25.9 Å². The Bertz CT molecular complexity index is 917. The van der Waals surface area contributed by atoms with E-state index in [0.29, 0.717) is 42.3 Å². The van der Waals surface area contributed by atoms with Crippen LogP contribution in [0.5, 0.6) is 5.75 Å². The predicted molar refractivity (Wildman–Crippen MR) is 102 cm³/mol. The summed E-state index contributed by atoms with van der Waals surface area (Å²) in [6.45, 7) is 7.77. The Morgan fingerprint density at radius 2 is 1.93 bits per heavy atom. The van der Waals surface area contributed by atoms with Crippen molar-refractivity contribution in [3.05, 3.63) is 35.2 Å². The predicted octanol–water partition coefficient (Wildman–Crippen LogP) is 2.84. The van der Waals surface area contributed by atoms with Crippen LogP contribution in [0.25, 0.3) is 0 Å². The van der Waals surface area contributed by atoms with E-state index in [4.69, 9.17) is 9.26 Å². The average Bonchev–Trinajstić information content (AvgIpc) is 3.03. The number of hydrogen-bond acceptors (Lipinski definition) is 6. The Morgan fingerprint density at radius 3 is 2.48 bits per heavy atom. The number of aromatic nitrogens is 1. The van der Waals surface area contributed by atoms with Gasteiger partial charge in [0.15, 0.2) is 0 Å². The van der Waals surface area contributed by atoms with Crippen LogP contribution in [0, 0.1) is 6.92 Å². The number of rotatable bonds is 8. The van der Waals surface area contributed by atoms with Crippen LogP contribution < -0.4 is 10.1 Å². The van der Waals surface area contributed by atoms with Gasteiger partial charge in [0.25, 0.3) is 5.91 Å². The molecule has 2 aromatic rings. The average molecular weight is 395 g/mol. The molecule has 9 heteroatoms. The number of carbonyl (C=O) groups is 1. The highest BCUT2D eigenvalue weighted by molar-refractivity contribution is 7.89. The first-order chi connectivity index (χ1) is 12.8. The first-order valence-corrected chi connectivity index (χ1v) is 10.2. The molecule has 0 bridgehead atoms. The van der Waals surface area contributed by atoms with E-state index >= 15 is 0 Å². The Morgan fingerprint density at radius 1 is 1.26 bits per heavy atom. The summed E-state index contributed by atoms with van der Waals surface area (Å²) in [6, 6.07) is 4.39. The van der Waals surface area contributed by atoms with Crippen molar-refractivity contribution in [3.8, 4) is 5.75 Å². The second-order valence-electron chi connectivity index (χ2n) is 5.82. The van der Waals surface area contributed by atoms with Crippen LogP contribution >= 0.6 is 0 Å². The quantitative estimate of drug-likeness (QED) is 0.737. The molecule has 1 amide bonds. The fourth-order valence-corrected chi connectivity index (χ4v) is 4.28. The molecule has 0 saturated heterocycles. The molecule has 0 aliphatic carbocycles. The van der Waals surface area contributed by atoms with Crippen molar-refractivity contribution in [2.45, 2.75) is 39.0 Å². The molecule has 0 fully saturated rings. The Hall–Kier alpha value is -2.39. The first-order valence-electron chi connectivity index (χ1n) is 8.74. The van der Waals surface area contributed by atoms with Gasteiger partial charge in [0.2, 0.25) is 10.0 Å². The lowest BCUT2D eigenvalue weighted by molar-refractivity contribution is 0.102. The smallest absolute Gasteiger partial charge is 0.261 e. The van der Waals surface area contributed by atoms with Crippen molar-refractivity contribution in [1.82, 2.24) is 9.46 Å². The molecule has 8 nitrogen and oxygen atoms in total. The van der Waals surface area contributed by atoms with Crippen molar-refractivity contribution >= 4 is 21.6 Å². The lowest BCUT2D eigenvalue weighted by Gasteiger charge is -2.19. The summed E-state index contributed by atoms with van der Waals surface area (Å²) in [5.74, 6) is 0.325. The standard InChI is InChI=1S/C18H25N3O5S/c1-6-14-17(12(4)26-20-14)18(22)19-15-11-13(9-10-16(15)25-5)27(23,24)21(7-2)8-3/h9-11H,6-8H2,1-5H3,(H,19,22). The molecule has 0 aliphatic rings. The van der Waals surface area contributed by atoms with Gasteiger partial charge in [-0.05, 0) is 31.5 Å². The van der Waals surface area contributed by atoms with E-state index in [1.165, 1.54) is 29.6 Å². The van der Waals surface area contributed by atoms with Crippen LogP contribution in [-0.2, 0) is 16.4 Å². The number of amides is 1. The van der Waals surface area contributed by atoms with Crippen molar-refractivity contribution in [3.63, 3.8) is 0 Å². The number of nitrogens with zero attached hydrogens (tertiary/aromatic N) is 2. The van der Waals surface area contributed by atoms with Gasteiger partial charge in [0.05, 0.1) is 23.4 Å². The summed E-state index contributed by atoms with van der Waals surface area (Å²) in [6.07, 6.45) is 0.535. The van der Waals surface area contributed by atoms with E-state index in [0.717, 1.165) is 0 Å². The van der Waals surface area contributed by atoms with Gasteiger partial charge in [-0.25, -0.2) is 8.42 Å². The van der Waals surface area contributed by atoms with Gasteiger partial charge in [0.1, 0.15) is 17.1 Å². The monoisotopic (exact) mass is 395 g/mol. The maximum absolute atomic E-state index is 12.8. The molecule has 0 radical (unpaired) electrons. The topological polar surface area (TPSA) is 102 Å². The summed E-state index contributed by atoms with van der Waals surface area (Å²) in [4.78, 5) is 12.8. The molecule has 1 N–H and O–H groups in total. The number of methoxy groups -OCH3 is 1. The van der Waals surface area contributed by atoms with Gasteiger partial charge in [-0.15, -0.1) is 0 Å². The van der Waals surface area contributed by atoms with E-state index in [9.17, 15) is 13.2 Å². The summed E-state index contributed by atoms with van der Waals surface area (Å²) in [5.41, 5.74) is 1.14. The third-order valence-electron chi connectivity index (χ3n) is 4.26. The zero-order valence-corrected chi connectivity index (χ0v) is 17.0. The van der Waals surface area contributed by atoms with Gasteiger partial charge in [-0.2, -0.15) is 4.31 Å². The van der Waals surface area contributed by atoms with Crippen molar-refractivity contribution in [2.75, 3.05) is 25.5 Å². The summed E-state index contributed by atoms with van der Waals surface area (Å²) < 4.78 is 37.2. The number of hydrogen-bond donors (Lipinski definition) is 1. The van der Waals surface area contributed by atoms with Crippen LogP contribution in [0.15, 0.2) is 27.6 Å². The second kappa shape index (κ2) is 8.53. The number of anilines is 1. The molecule has 0 unspecified atom stereocenters. The van der Waals surface area contributed by atoms with Crippen molar-refractivity contribution in [2.24, 2.45) is 0 Å². The normalized spacial score (nSPS) is 11.6. The summed E-state index contributed by atoms with van der Waals surface area (Å²) >= 11 is 0. The molecular weight excluding hydrogens is 370 g/mol. The number of ether oxygens (including phenoxy) is 1. The highest BCUT2D eigenvalue weighted by Gasteiger charge is 2.25. The molecule has 2 rings (SSSR count). The number of nitrogens with one attached hydrogen (secondary N) is 1. The minimum absolute atomic E-state index is 0.0834. The molecule has 1 aromatic carbocycles. The zero-order chi connectivity index (χ0) is 20.2. The largest absolute Gasteiger partial charge is 0.495 e. The Balaban J connectivity index is 2.44. The SMILES string of the molecule is CCc1noc(C)c1C(=O)Nc1cc(S(=O)(=O)N(CC)CC)ccc1OC. The number of sulfonamides is 1. The van der Waals surface area contributed by atoms with E-state index in [1.54, 1.807) is 20.8 Å². The summed E-state index contributed by atoms with van der Waals surface area (Å²) in [7, 11) is -2.21. The molecule has 0 spiro atoms. The fraction of sp³-hybridized carbons (Fsp3) is 0.444. The van der Waals surface area contributed by atoms with Gasteiger partial charge in [0, 0.05) is 13.1 Å². The van der Waals surface area contributed by atoms with E-state index < -0.39 is 15.9 Å². The minimum atomic E-state index is -3.66. The fourth-order valence-electron chi connectivity index (χ4n) is 2.79. The maximum atomic E-state index is 12.8. The Labute approximate surface area is 159 Å². The Kier molecular flexibility index (Phi) is 6.61. The van der Waals surface area contributed by atoms with Crippen LogP contribution in [0.2, 0.25) is 0 Å². The van der Waals surface area contributed by atoms with E-state index in [-0.39, 0.29) is 10.6 Å². The summed E-state index contributed by atoms with van der Waals surface area (Å²) in [5, 5.41) is 6.59. The highest BCUT2D eigenvalue weighted by Crippen LogP contribution is 2.30. The number of benzene rings is 1. The second-order valence-corrected chi connectivity index (χ2v) is 7.76. The van der Waals surface area contributed by atoms with Crippen molar-refractivity contribution < 1.29 is 22.5 Å².